The van der Waals surface area contributed by atoms with Crippen molar-refractivity contribution in [2.24, 2.45) is 5.73 Å². The van der Waals surface area contributed by atoms with Gasteiger partial charge in [-0.3, -0.25) is 0 Å². The first-order chi connectivity index (χ1) is 7.10. The van der Waals surface area contributed by atoms with E-state index in [0.29, 0.717) is 0 Å². The summed E-state index contributed by atoms with van der Waals surface area (Å²) in [6.45, 7) is -0.134. The molecule has 4 nitrogen and oxygen atoms in total. The summed E-state index contributed by atoms with van der Waals surface area (Å²) in [4.78, 5) is 0. The molecule has 15 heavy (non-hydrogen) atoms. The van der Waals surface area contributed by atoms with Gasteiger partial charge in [0.05, 0.1) is 7.11 Å². The van der Waals surface area contributed by atoms with Gasteiger partial charge in [-0.05, 0) is 6.42 Å². The van der Waals surface area contributed by atoms with Gasteiger partial charge in [0.15, 0.2) is 0 Å². The highest BCUT2D eigenvalue weighted by Crippen LogP contribution is 2.32. The molecule has 1 atom stereocenters. The van der Waals surface area contributed by atoms with Crippen LogP contribution in [0.4, 0.5) is 4.39 Å². The number of hydrogen-bond acceptors (Lipinski definition) is 4. The first-order valence-electron chi connectivity index (χ1n) is 4.53. The average Bonchev–Trinajstić information content (AvgIpc) is 2.16. The highest BCUT2D eigenvalue weighted by atomic mass is 19.1. The third-order valence-corrected chi connectivity index (χ3v) is 2.11. The van der Waals surface area contributed by atoms with Crippen molar-refractivity contribution in [3.63, 3.8) is 0 Å². The van der Waals surface area contributed by atoms with E-state index in [9.17, 15) is 4.39 Å². The molecule has 0 aliphatic heterocycles. The van der Waals surface area contributed by atoms with Gasteiger partial charge in [0.25, 0.3) is 0 Å². The van der Waals surface area contributed by atoms with Crippen LogP contribution >= 0.6 is 0 Å². The van der Waals surface area contributed by atoms with Gasteiger partial charge >= 0.3 is 0 Å². The first-order valence-corrected chi connectivity index (χ1v) is 4.53. The highest BCUT2D eigenvalue weighted by Gasteiger charge is 2.17. The molecular formula is C10H14FNO3. The zero-order chi connectivity index (χ0) is 11.4. The van der Waals surface area contributed by atoms with Crippen molar-refractivity contribution < 1.29 is 19.3 Å². The van der Waals surface area contributed by atoms with Crippen LogP contribution in [0.25, 0.3) is 0 Å². The summed E-state index contributed by atoms with van der Waals surface area (Å²) in [5.74, 6) is -0.662. The minimum Gasteiger partial charge on any atom is -0.508 e. The van der Waals surface area contributed by atoms with E-state index in [1.807, 2.05) is 0 Å². The summed E-state index contributed by atoms with van der Waals surface area (Å²) in [6.07, 6.45) is 0.234. The molecule has 1 aromatic rings. The molecular weight excluding hydrogens is 201 g/mol. The minimum atomic E-state index is -0.648. The molecule has 1 unspecified atom stereocenters. The van der Waals surface area contributed by atoms with E-state index in [-0.39, 0.29) is 30.1 Å². The topological polar surface area (TPSA) is 75.7 Å². The number of phenols is 1. The van der Waals surface area contributed by atoms with E-state index in [2.05, 4.69) is 0 Å². The molecule has 0 aromatic heterocycles. The van der Waals surface area contributed by atoms with Crippen molar-refractivity contribution in [1.82, 2.24) is 0 Å². The number of benzene rings is 1. The molecule has 5 heteroatoms. The van der Waals surface area contributed by atoms with Crippen LogP contribution in [0.15, 0.2) is 12.1 Å². The van der Waals surface area contributed by atoms with E-state index in [1.165, 1.54) is 13.2 Å². The zero-order valence-electron chi connectivity index (χ0n) is 8.40. The lowest BCUT2D eigenvalue weighted by molar-refractivity contribution is 0.273. The van der Waals surface area contributed by atoms with Gasteiger partial charge in [-0.2, -0.15) is 0 Å². The molecule has 0 heterocycles. The summed E-state index contributed by atoms with van der Waals surface area (Å²) in [5, 5.41) is 17.9. The maximum Gasteiger partial charge on any atom is 0.135 e. The van der Waals surface area contributed by atoms with Crippen LogP contribution in [0.2, 0.25) is 0 Å². The average molecular weight is 215 g/mol. The van der Waals surface area contributed by atoms with Crippen LogP contribution in [0.1, 0.15) is 18.0 Å². The second kappa shape index (κ2) is 4.95. The fourth-order valence-electron chi connectivity index (χ4n) is 1.39. The van der Waals surface area contributed by atoms with Crippen LogP contribution in [-0.4, -0.2) is 23.9 Å². The Morgan fingerprint density at radius 3 is 2.73 bits per heavy atom. The summed E-state index contributed by atoms with van der Waals surface area (Å²) in [6, 6.07) is 1.61. The summed E-state index contributed by atoms with van der Waals surface area (Å²) in [7, 11) is 1.36. The number of aliphatic hydroxyl groups excluding tert-OH is 1. The summed E-state index contributed by atoms with van der Waals surface area (Å²) in [5.41, 5.74) is 5.84. The molecule has 0 spiro atoms. The SMILES string of the molecule is COc1cc(O)cc(F)c1C(N)CCO. The second-order valence-electron chi connectivity index (χ2n) is 3.16. The van der Waals surface area contributed by atoms with Gasteiger partial charge in [-0.15, -0.1) is 0 Å². The van der Waals surface area contributed by atoms with Gasteiger partial charge in [-0.1, -0.05) is 0 Å². The van der Waals surface area contributed by atoms with Crippen molar-refractivity contribution in [1.29, 1.82) is 0 Å². The Morgan fingerprint density at radius 2 is 2.20 bits per heavy atom. The molecule has 0 amide bonds. The van der Waals surface area contributed by atoms with E-state index in [1.54, 1.807) is 0 Å². The standard InChI is InChI=1S/C10H14FNO3/c1-15-9-5-6(14)4-7(11)10(9)8(12)2-3-13/h4-5,8,13-14H,2-3,12H2,1H3. The number of phenolic OH excluding ortho intramolecular Hbond substituents is 1. The molecule has 0 saturated carbocycles. The Balaban J connectivity index is 3.14. The number of aromatic hydroxyl groups is 1. The molecule has 0 radical (unpaired) electrons. The van der Waals surface area contributed by atoms with Gasteiger partial charge in [-0.25, -0.2) is 4.39 Å². The van der Waals surface area contributed by atoms with Crippen molar-refractivity contribution in [2.75, 3.05) is 13.7 Å². The number of ether oxygens (including phenoxy) is 1. The maximum atomic E-state index is 13.5. The molecule has 0 fully saturated rings. The van der Waals surface area contributed by atoms with E-state index in [4.69, 9.17) is 20.7 Å². The van der Waals surface area contributed by atoms with Crippen LogP contribution in [0.5, 0.6) is 11.5 Å². The van der Waals surface area contributed by atoms with Crippen molar-refractivity contribution in [2.45, 2.75) is 12.5 Å². The molecule has 0 saturated heterocycles. The molecule has 0 bridgehead atoms. The van der Waals surface area contributed by atoms with Crippen LogP contribution < -0.4 is 10.5 Å². The predicted molar refractivity (Wildman–Crippen MR) is 53.2 cm³/mol. The molecule has 1 rings (SSSR count). The Kier molecular flexibility index (Phi) is 3.88. The summed E-state index contributed by atoms with van der Waals surface area (Å²) >= 11 is 0. The summed E-state index contributed by atoms with van der Waals surface area (Å²) < 4.78 is 18.4. The quantitative estimate of drug-likeness (QED) is 0.698. The Hall–Kier alpha value is -1.33. The maximum absolute atomic E-state index is 13.5. The smallest absolute Gasteiger partial charge is 0.135 e. The van der Waals surface area contributed by atoms with Crippen LogP contribution in [-0.2, 0) is 0 Å². The first kappa shape index (κ1) is 11.7. The number of halogens is 1. The second-order valence-corrected chi connectivity index (χ2v) is 3.16. The number of methoxy groups -OCH3 is 1. The van der Waals surface area contributed by atoms with Gasteiger partial charge in [0.1, 0.15) is 17.3 Å². The third-order valence-electron chi connectivity index (χ3n) is 2.11. The van der Waals surface area contributed by atoms with E-state index < -0.39 is 11.9 Å². The Bertz CT molecular complexity index is 344. The molecule has 84 valence electrons. The predicted octanol–water partition coefficient (Wildman–Crippen LogP) is 0.922. The lowest BCUT2D eigenvalue weighted by Crippen LogP contribution is -2.15. The number of aliphatic hydroxyl groups is 1. The van der Waals surface area contributed by atoms with Crippen LogP contribution in [0.3, 0.4) is 0 Å². The van der Waals surface area contributed by atoms with E-state index >= 15 is 0 Å². The van der Waals surface area contributed by atoms with Gasteiger partial charge in [0, 0.05) is 30.3 Å². The van der Waals surface area contributed by atoms with Crippen LogP contribution in [0, 0.1) is 5.82 Å². The lowest BCUT2D eigenvalue weighted by Gasteiger charge is -2.15. The monoisotopic (exact) mass is 215 g/mol. The lowest BCUT2D eigenvalue weighted by atomic mass is 10.0. The van der Waals surface area contributed by atoms with Crippen molar-refractivity contribution in [3.8, 4) is 11.5 Å². The van der Waals surface area contributed by atoms with Gasteiger partial charge < -0.3 is 20.7 Å². The van der Waals surface area contributed by atoms with Gasteiger partial charge in [0.2, 0.25) is 0 Å². The normalized spacial score (nSPS) is 12.5. The largest absolute Gasteiger partial charge is 0.508 e. The zero-order valence-corrected chi connectivity index (χ0v) is 8.40. The minimum absolute atomic E-state index is 0.134. The molecule has 4 N–H and O–H groups in total. The van der Waals surface area contributed by atoms with E-state index in [0.717, 1.165) is 6.07 Å². The Morgan fingerprint density at radius 1 is 1.53 bits per heavy atom. The Labute approximate surface area is 87.1 Å². The molecule has 0 aliphatic rings. The van der Waals surface area contributed by atoms with Crippen molar-refractivity contribution in [3.05, 3.63) is 23.5 Å². The number of rotatable bonds is 4. The number of nitrogens with two attached hydrogens (primary N) is 1. The molecule has 0 aliphatic carbocycles. The molecule has 1 aromatic carbocycles. The van der Waals surface area contributed by atoms with Crippen molar-refractivity contribution >= 4 is 0 Å². The fourth-order valence-corrected chi connectivity index (χ4v) is 1.39. The third kappa shape index (κ3) is 2.57. The number of hydrogen-bond donors (Lipinski definition) is 3. The fraction of sp³-hybridized carbons (Fsp3) is 0.400. The highest BCUT2D eigenvalue weighted by molar-refractivity contribution is 5.43.